The van der Waals surface area contributed by atoms with Gasteiger partial charge in [-0.15, -0.1) is 0 Å². The smallest absolute Gasteiger partial charge is 0.271 e. The standard InChI is InChI=1S/C12H11N5O3/c1-7-4-9(20-16-7)6-13-12-14-10-3-2-8(17(18)19)5-11(10)15-12/h2-5H,6H2,1H3,(H2,13,14,15). The zero-order chi connectivity index (χ0) is 14.1. The highest BCUT2D eigenvalue weighted by Gasteiger charge is 2.10. The summed E-state index contributed by atoms with van der Waals surface area (Å²) in [7, 11) is 0. The molecule has 8 nitrogen and oxygen atoms in total. The first kappa shape index (κ1) is 12.2. The van der Waals surface area contributed by atoms with Crippen LogP contribution in [0.1, 0.15) is 11.5 Å². The Kier molecular flexibility index (Phi) is 2.82. The van der Waals surface area contributed by atoms with Crippen LogP contribution in [0.4, 0.5) is 11.6 Å². The third-order valence-corrected chi connectivity index (χ3v) is 2.78. The van der Waals surface area contributed by atoms with Crippen molar-refractivity contribution in [3.05, 3.63) is 45.8 Å². The van der Waals surface area contributed by atoms with E-state index in [1.807, 2.05) is 13.0 Å². The Labute approximate surface area is 112 Å². The Morgan fingerprint density at radius 1 is 1.45 bits per heavy atom. The number of aromatic nitrogens is 3. The predicted molar refractivity (Wildman–Crippen MR) is 71.3 cm³/mol. The van der Waals surface area contributed by atoms with Crippen LogP contribution in [0.2, 0.25) is 0 Å². The molecule has 0 aliphatic rings. The number of hydrogen-bond donors (Lipinski definition) is 2. The molecule has 0 amide bonds. The fourth-order valence-electron chi connectivity index (χ4n) is 1.87. The molecule has 0 atom stereocenters. The van der Waals surface area contributed by atoms with E-state index >= 15 is 0 Å². The molecule has 3 rings (SSSR count). The number of H-pyrrole nitrogens is 1. The molecule has 0 spiro atoms. The molecule has 0 radical (unpaired) electrons. The van der Waals surface area contributed by atoms with Gasteiger partial charge >= 0.3 is 0 Å². The second-order valence-electron chi connectivity index (χ2n) is 4.33. The summed E-state index contributed by atoms with van der Waals surface area (Å²) in [6.07, 6.45) is 0. The van der Waals surface area contributed by atoms with Crippen molar-refractivity contribution in [2.45, 2.75) is 13.5 Å². The summed E-state index contributed by atoms with van der Waals surface area (Å²) in [6.45, 7) is 2.27. The number of imidazole rings is 1. The van der Waals surface area contributed by atoms with Gasteiger partial charge in [0, 0.05) is 18.2 Å². The first-order chi connectivity index (χ1) is 9.61. The fourth-order valence-corrected chi connectivity index (χ4v) is 1.87. The van der Waals surface area contributed by atoms with Gasteiger partial charge in [-0.1, -0.05) is 5.16 Å². The van der Waals surface area contributed by atoms with Crippen molar-refractivity contribution < 1.29 is 9.45 Å². The zero-order valence-electron chi connectivity index (χ0n) is 10.6. The maximum absolute atomic E-state index is 10.7. The normalized spacial score (nSPS) is 10.8. The lowest BCUT2D eigenvalue weighted by molar-refractivity contribution is -0.384. The summed E-state index contributed by atoms with van der Waals surface area (Å²) in [5, 5.41) is 17.5. The molecule has 1 aromatic carbocycles. The van der Waals surface area contributed by atoms with Crippen LogP contribution >= 0.6 is 0 Å². The first-order valence-electron chi connectivity index (χ1n) is 5.92. The quantitative estimate of drug-likeness (QED) is 0.557. The summed E-state index contributed by atoms with van der Waals surface area (Å²) in [5.74, 6) is 1.21. The third kappa shape index (κ3) is 2.30. The molecule has 0 saturated carbocycles. The second kappa shape index (κ2) is 4.65. The molecule has 8 heteroatoms. The number of nitrogens with one attached hydrogen (secondary N) is 2. The maximum atomic E-state index is 10.7. The van der Waals surface area contributed by atoms with Crippen molar-refractivity contribution in [3.63, 3.8) is 0 Å². The minimum atomic E-state index is -0.440. The lowest BCUT2D eigenvalue weighted by Crippen LogP contribution is -1.99. The van der Waals surface area contributed by atoms with Gasteiger partial charge in [0.1, 0.15) is 0 Å². The number of non-ortho nitro benzene ring substituents is 1. The van der Waals surface area contributed by atoms with Crippen LogP contribution in [-0.2, 0) is 6.54 Å². The highest BCUT2D eigenvalue weighted by molar-refractivity contribution is 5.79. The van der Waals surface area contributed by atoms with Crippen LogP contribution < -0.4 is 5.32 Å². The van der Waals surface area contributed by atoms with Crippen molar-refractivity contribution in [1.82, 2.24) is 15.1 Å². The highest BCUT2D eigenvalue weighted by Crippen LogP contribution is 2.20. The van der Waals surface area contributed by atoms with Crippen molar-refractivity contribution in [3.8, 4) is 0 Å². The number of nitro groups is 1. The molecule has 2 N–H and O–H groups in total. The summed E-state index contributed by atoms with van der Waals surface area (Å²) in [5.41, 5.74) is 2.10. The minimum Gasteiger partial charge on any atom is -0.359 e. The van der Waals surface area contributed by atoms with Crippen molar-refractivity contribution >= 4 is 22.7 Å². The maximum Gasteiger partial charge on any atom is 0.271 e. The van der Waals surface area contributed by atoms with E-state index in [0.29, 0.717) is 29.3 Å². The van der Waals surface area contributed by atoms with Gasteiger partial charge in [0.05, 0.1) is 28.2 Å². The number of aryl methyl sites for hydroxylation is 1. The number of nitrogens with zero attached hydrogens (tertiary/aromatic N) is 3. The van der Waals surface area contributed by atoms with Gasteiger partial charge in [-0.3, -0.25) is 10.1 Å². The Morgan fingerprint density at radius 2 is 2.30 bits per heavy atom. The number of rotatable bonds is 4. The van der Waals surface area contributed by atoms with Crippen LogP contribution in [0.3, 0.4) is 0 Å². The summed E-state index contributed by atoms with van der Waals surface area (Å²) in [4.78, 5) is 17.5. The number of fused-ring (bicyclic) bond motifs is 1. The third-order valence-electron chi connectivity index (χ3n) is 2.78. The number of anilines is 1. The van der Waals surface area contributed by atoms with Crippen molar-refractivity contribution in [2.75, 3.05) is 5.32 Å². The van der Waals surface area contributed by atoms with Crippen LogP contribution in [0.15, 0.2) is 28.8 Å². The zero-order valence-corrected chi connectivity index (χ0v) is 10.6. The molecule has 20 heavy (non-hydrogen) atoms. The predicted octanol–water partition coefficient (Wildman–Crippen LogP) is 2.38. The number of nitro benzene ring substituents is 1. The Bertz CT molecular complexity index is 776. The summed E-state index contributed by atoms with van der Waals surface area (Å²) >= 11 is 0. The van der Waals surface area contributed by atoms with Gasteiger partial charge in [0.2, 0.25) is 5.95 Å². The van der Waals surface area contributed by atoms with E-state index in [1.165, 1.54) is 12.1 Å². The minimum absolute atomic E-state index is 0.0264. The van der Waals surface area contributed by atoms with E-state index in [-0.39, 0.29) is 5.69 Å². The highest BCUT2D eigenvalue weighted by atomic mass is 16.6. The molecule has 0 aliphatic heterocycles. The lowest BCUT2D eigenvalue weighted by Gasteiger charge is -1.97. The van der Waals surface area contributed by atoms with E-state index in [2.05, 4.69) is 20.4 Å². The Morgan fingerprint density at radius 3 is 3.00 bits per heavy atom. The Balaban J connectivity index is 1.80. The average molecular weight is 273 g/mol. The average Bonchev–Trinajstić information content (AvgIpc) is 3.00. The lowest BCUT2D eigenvalue weighted by atomic mass is 10.3. The first-order valence-corrected chi connectivity index (χ1v) is 5.92. The van der Waals surface area contributed by atoms with Gasteiger partial charge in [-0.2, -0.15) is 0 Å². The van der Waals surface area contributed by atoms with E-state index in [9.17, 15) is 10.1 Å². The van der Waals surface area contributed by atoms with Gasteiger partial charge in [0.15, 0.2) is 5.76 Å². The van der Waals surface area contributed by atoms with Gasteiger partial charge in [-0.25, -0.2) is 4.98 Å². The second-order valence-corrected chi connectivity index (χ2v) is 4.33. The molecule has 0 bridgehead atoms. The van der Waals surface area contributed by atoms with Crippen molar-refractivity contribution in [1.29, 1.82) is 0 Å². The molecular weight excluding hydrogens is 262 g/mol. The van der Waals surface area contributed by atoms with Crippen LogP contribution in [-0.4, -0.2) is 20.0 Å². The monoisotopic (exact) mass is 273 g/mol. The van der Waals surface area contributed by atoms with E-state index in [0.717, 1.165) is 5.69 Å². The molecule has 3 aromatic rings. The SMILES string of the molecule is Cc1cc(CNc2nc3ccc([N+](=O)[O-])cc3[nH]2)on1. The van der Waals surface area contributed by atoms with E-state index in [4.69, 9.17) is 4.52 Å². The molecule has 0 fully saturated rings. The number of benzene rings is 1. The molecular formula is C12H11N5O3. The molecule has 0 unspecified atom stereocenters. The number of aromatic amines is 1. The van der Waals surface area contributed by atoms with Crippen LogP contribution in [0, 0.1) is 17.0 Å². The fraction of sp³-hybridized carbons (Fsp3) is 0.167. The molecule has 0 aliphatic carbocycles. The van der Waals surface area contributed by atoms with Gasteiger partial charge in [-0.05, 0) is 13.0 Å². The van der Waals surface area contributed by atoms with Gasteiger partial charge in [0.25, 0.3) is 5.69 Å². The van der Waals surface area contributed by atoms with Gasteiger partial charge < -0.3 is 14.8 Å². The van der Waals surface area contributed by atoms with Crippen LogP contribution in [0.25, 0.3) is 11.0 Å². The summed E-state index contributed by atoms with van der Waals surface area (Å²) in [6, 6.07) is 6.30. The largest absolute Gasteiger partial charge is 0.359 e. The van der Waals surface area contributed by atoms with E-state index < -0.39 is 4.92 Å². The molecule has 2 aromatic heterocycles. The topological polar surface area (TPSA) is 110 Å². The van der Waals surface area contributed by atoms with Crippen molar-refractivity contribution in [2.24, 2.45) is 0 Å². The van der Waals surface area contributed by atoms with Crippen LogP contribution in [0.5, 0.6) is 0 Å². The summed E-state index contributed by atoms with van der Waals surface area (Å²) < 4.78 is 5.07. The number of hydrogen-bond acceptors (Lipinski definition) is 6. The molecule has 102 valence electrons. The molecule has 2 heterocycles. The molecule has 0 saturated heterocycles. The van der Waals surface area contributed by atoms with E-state index in [1.54, 1.807) is 6.07 Å². The Hall–Kier alpha value is -2.90.